The Balaban J connectivity index is 2.14. The molecule has 6 nitrogen and oxygen atoms in total. The quantitative estimate of drug-likeness (QED) is 0.487. The van der Waals surface area contributed by atoms with Gasteiger partial charge < -0.3 is 15.7 Å². The Morgan fingerprint density at radius 2 is 1.61 bits per heavy atom. The first-order valence-electron chi connectivity index (χ1n) is 8.53. The minimum Gasteiger partial charge on any atom is -0.480 e. The molecular formula is C20H20FIN2O4. The smallest absolute Gasteiger partial charge is 0.326 e. The second-order valence-electron chi connectivity index (χ2n) is 6.32. The predicted octanol–water partition coefficient (Wildman–Crippen LogP) is 2.29. The van der Waals surface area contributed by atoms with E-state index < -0.39 is 35.7 Å². The molecule has 0 spiro atoms. The van der Waals surface area contributed by atoms with Crippen molar-refractivity contribution < 1.29 is 23.9 Å². The first-order valence-corrected chi connectivity index (χ1v) is 9.61. The molecule has 0 fully saturated rings. The van der Waals surface area contributed by atoms with E-state index in [0.29, 0.717) is 5.56 Å². The molecule has 0 aliphatic carbocycles. The molecule has 2 amide bonds. The van der Waals surface area contributed by atoms with Gasteiger partial charge in [0.1, 0.15) is 17.9 Å². The van der Waals surface area contributed by atoms with Crippen LogP contribution >= 0.6 is 22.6 Å². The zero-order valence-electron chi connectivity index (χ0n) is 15.1. The Kier molecular flexibility index (Phi) is 7.91. The molecule has 0 saturated carbocycles. The van der Waals surface area contributed by atoms with Crippen LogP contribution in [0.2, 0.25) is 0 Å². The van der Waals surface area contributed by atoms with Crippen molar-refractivity contribution >= 4 is 40.4 Å². The SMILES string of the molecule is CC(=O)N[C@@H](Cc1cccc(F)c1)C(=O)N[C@H](Cc1cccc(I)c1)C(=O)O. The highest BCUT2D eigenvalue weighted by molar-refractivity contribution is 14.1. The Labute approximate surface area is 175 Å². The van der Waals surface area contributed by atoms with Crippen LogP contribution in [0.4, 0.5) is 4.39 Å². The van der Waals surface area contributed by atoms with Gasteiger partial charge in [-0.3, -0.25) is 9.59 Å². The van der Waals surface area contributed by atoms with Gasteiger partial charge in [-0.25, -0.2) is 9.18 Å². The lowest BCUT2D eigenvalue weighted by atomic mass is 10.0. The molecule has 148 valence electrons. The summed E-state index contributed by atoms with van der Waals surface area (Å²) in [4.78, 5) is 35.8. The van der Waals surface area contributed by atoms with E-state index in [4.69, 9.17) is 0 Å². The second-order valence-corrected chi connectivity index (χ2v) is 7.57. The number of rotatable bonds is 8. The molecule has 0 aromatic heterocycles. The minimum absolute atomic E-state index is 0.0404. The van der Waals surface area contributed by atoms with Crippen molar-refractivity contribution in [2.24, 2.45) is 0 Å². The van der Waals surface area contributed by atoms with Crippen LogP contribution in [0.5, 0.6) is 0 Å². The van der Waals surface area contributed by atoms with E-state index in [1.165, 1.54) is 25.1 Å². The fourth-order valence-electron chi connectivity index (χ4n) is 2.73. The molecule has 2 aromatic rings. The lowest BCUT2D eigenvalue weighted by molar-refractivity contribution is -0.142. The van der Waals surface area contributed by atoms with Gasteiger partial charge in [0, 0.05) is 23.3 Å². The molecule has 0 bridgehead atoms. The molecule has 0 aliphatic heterocycles. The number of halogens is 2. The summed E-state index contributed by atoms with van der Waals surface area (Å²) < 4.78 is 14.4. The zero-order valence-corrected chi connectivity index (χ0v) is 17.3. The third-order valence-electron chi connectivity index (χ3n) is 3.97. The maximum absolute atomic E-state index is 13.4. The van der Waals surface area contributed by atoms with Crippen molar-refractivity contribution in [2.75, 3.05) is 0 Å². The zero-order chi connectivity index (χ0) is 20.7. The van der Waals surface area contributed by atoms with Gasteiger partial charge in [-0.2, -0.15) is 0 Å². The van der Waals surface area contributed by atoms with Crippen molar-refractivity contribution in [3.8, 4) is 0 Å². The van der Waals surface area contributed by atoms with Gasteiger partial charge in [0.05, 0.1) is 0 Å². The number of carboxylic acid groups (broad SMARTS) is 1. The van der Waals surface area contributed by atoms with E-state index in [0.717, 1.165) is 9.13 Å². The number of carbonyl (C=O) groups excluding carboxylic acids is 2. The molecule has 0 radical (unpaired) electrons. The van der Waals surface area contributed by atoms with Gasteiger partial charge in [0.15, 0.2) is 0 Å². The molecular weight excluding hydrogens is 478 g/mol. The summed E-state index contributed by atoms with van der Waals surface area (Å²) in [6.07, 6.45) is 0.142. The van der Waals surface area contributed by atoms with E-state index >= 15 is 0 Å². The summed E-state index contributed by atoms with van der Waals surface area (Å²) >= 11 is 2.12. The molecule has 2 rings (SSSR count). The summed E-state index contributed by atoms with van der Waals surface area (Å²) in [6, 6.07) is 10.8. The topological polar surface area (TPSA) is 95.5 Å². The molecule has 2 atom stereocenters. The van der Waals surface area contributed by atoms with Crippen molar-refractivity contribution in [1.29, 1.82) is 0 Å². The number of carboxylic acids is 1. The molecule has 0 heterocycles. The summed E-state index contributed by atoms with van der Waals surface area (Å²) in [6.45, 7) is 1.26. The van der Waals surface area contributed by atoms with E-state index in [1.807, 2.05) is 18.2 Å². The standard InChI is InChI=1S/C20H20FIN2O4/c1-12(25)23-17(10-13-4-2-6-15(21)8-13)19(26)24-18(20(27)28)11-14-5-3-7-16(22)9-14/h2-9,17-18H,10-11H2,1H3,(H,23,25)(H,24,26)(H,27,28)/t17-,18+/m0/s1. The van der Waals surface area contributed by atoms with Gasteiger partial charge in [-0.05, 0) is 58.0 Å². The highest BCUT2D eigenvalue weighted by Crippen LogP contribution is 2.11. The molecule has 2 aromatic carbocycles. The van der Waals surface area contributed by atoms with Crippen molar-refractivity contribution in [3.05, 3.63) is 69.0 Å². The Bertz CT molecular complexity index is 875. The van der Waals surface area contributed by atoms with E-state index in [2.05, 4.69) is 33.2 Å². The average molecular weight is 498 g/mol. The van der Waals surface area contributed by atoms with Crippen molar-refractivity contribution in [2.45, 2.75) is 31.8 Å². The van der Waals surface area contributed by atoms with Gasteiger partial charge in [0.2, 0.25) is 11.8 Å². The van der Waals surface area contributed by atoms with Crippen LogP contribution in [-0.2, 0) is 27.2 Å². The Morgan fingerprint density at radius 3 is 2.18 bits per heavy atom. The van der Waals surface area contributed by atoms with Gasteiger partial charge >= 0.3 is 5.97 Å². The molecule has 0 saturated heterocycles. The Morgan fingerprint density at radius 1 is 1.00 bits per heavy atom. The highest BCUT2D eigenvalue weighted by Gasteiger charge is 2.26. The van der Waals surface area contributed by atoms with Crippen LogP contribution in [0.3, 0.4) is 0 Å². The number of benzene rings is 2. The molecule has 0 aliphatic rings. The molecule has 0 unspecified atom stereocenters. The monoisotopic (exact) mass is 498 g/mol. The predicted molar refractivity (Wildman–Crippen MR) is 110 cm³/mol. The first-order chi connectivity index (χ1) is 13.2. The summed E-state index contributed by atoms with van der Waals surface area (Å²) in [5.41, 5.74) is 1.28. The number of carbonyl (C=O) groups is 3. The van der Waals surface area contributed by atoms with Crippen LogP contribution in [0.25, 0.3) is 0 Å². The average Bonchev–Trinajstić information content (AvgIpc) is 2.60. The van der Waals surface area contributed by atoms with Gasteiger partial charge in [-0.15, -0.1) is 0 Å². The van der Waals surface area contributed by atoms with Crippen LogP contribution < -0.4 is 10.6 Å². The van der Waals surface area contributed by atoms with Crippen molar-refractivity contribution in [3.63, 3.8) is 0 Å². The van der Waals surface area contributed by atoms with E-state index in [9.17, 15) is 23.9 Å². The normalized spacial score (nSPS) is 12.7. The van der Waals surface area contributed by atoms with E-state index in [1.54, 1.807) is 12.1 Å². The summed E-state index contributed by atoms with van der Waals surface area (Å²) in [5, 5.41) is 14.5. The van der Waals surface area contributed by atoms with Gasteiger partial charge in [0.25, 0.3) is 0 Å². The summed E-state index contributed by atoms with van der Waals surface area (Å²) in [5.74, 6) is -2.72. The Hall–Kier alpha value is -2.49. The largest absolute Gasteiger partial charge is 0.480 e. The lowest BCUT2D eigenvalue weighted by Gasteiger charge is -2.21. The molecule has 3 N–H and O–H groups in total. The first kappa shape index (κ1) is 21.8. The number of hydrogen-bond acceptors (Lipinski definition) is 3. The number of hydrogen-bond donors (Lipinski definition) is 3. The fourth-order valence-corrected chi connectivity index (χ4v) is 3.33. The van der Waals surface area contributed by atoms with Crippen molar-refractivity contribution in [1.82, 2.24) is 10.6 Å². The van der Waals surface area contributed by atoms with E-state index in [-0.39, 0.29) is 12.8 Å². The highest BCUT2D eigenvalue weighted by atomic mass is 127. The maximum atomic E-state index is 13.4. The maximum Gasteiger partial charge on any atom is 0.326 e. The third kappa shape index (κ3) is 6.91. The van der Waals surface area contributed by atoms with Crippen LogP contribution in [0.15, 0.2) is 48.5 Å². The number of nitrogens with one attached hydrogen (secondary N) is 2. The number of aliphatic carboxylic acids is 1. The second kappa shape index (κ2) is 10.2. The third-order valence-corrected chi connectivity index (χ3v) is 4.64. The fraction of sp³-hybridized carbons (Fsp3) is 0.250. The molecule has 28 heavy (non-hydrogen) atoms. The van der Waals surface area contributed by atoms with Crippen LogP contribution in [0.1, 0.15) is 18.1 Å². The number of amides is 2. The van der Waals surface area contributed by atoms with Gasteiger partial charge in [-0.1, -0.05) is 24.3 Å². The molecule has 8 heteroatoms. The van der Waals surface area contributed by atoms with Crippen LogP contribution in [-0.4, -0.2) is 35.0 Å². The minimum atomic E-state index is -1.18. The van der Waals surface area contributed by atoms with Crippen LogP contribution in [0, 0.1) is 9.39 Å². The summed E-state index contributed by atoms with van der Waals surface area (Å²) in [7, 11) is 0. The lowest BCUT2D eigenvalue weighted by Crippen LogP contribution is -2.52.